The summed E-state index contributed by atoms with van der Waals surface area (Å²) in [5.74, 6) is 0.652. The van der Waals surface area contributed by atoms with Crippen LogP contribution in [-0.4, -0.2) is 16.3 Å². The molecule has 0 saturated carbocycles. The smallest absolute Gasteiger partial charge is 0.159 e. The van der Waals surface area contributed by atoms with Crippen LogP contribution in [0.3, 0.4) is 0 Å². The zero-order chi connectivity index (χ0) is 10.7. The molecule has 0 fully saturated rings. The Morgan fingerprint density at radius 1 is 1.20 bits per heavy atom. The molecule has 0 radical (unpaired) electrons. The monoisotopic (exact) mass is 198 g/mol. The van der Waals surface area contributed by atoms with Crippen LogP contribution in [-0.2, 0) is 0 Å². The van der Waals surface area contributed by atoms with Crippen molar-refractivity contribution in [3.8, 4) is 11.4 Å². The van der Waals surface area contributed by atoms with E-state index in [9.17, 15) is 4.79 Å². The summed E-state index contributed by atoms with van der Waals surface area (Å²) in [4.78, 5) is 19.0. The van der Waals surface area contributed by atoms with Gasteiger partial charge in [-0.25, -0.2) is 9.97 Å². The van der Waals surface area contributed by atoms with E-state index in [4.69, 9.17) is 0 Å². The molecule has 0 bridgehead atoms. The standard InChI is InChI=1S/C12H10N2O/c1-9-11(8-15)7-13-12(14-9)10-5-3-2-4-6-10/h2-8H,1H3. The molecule has 0 aliphatic carbocycles. The Bertz CT molecular complexity index is 480. The average Bonchev–Trinajstić information content (AvgIpc) is 2.30. The fourth-order valence-corrected chi connectivity index (χ4v) is 1.32. The molecule has 2 rings (SSSR count). The topological polar surface area (TPSA) is 42.9 Å². The Morgan fingerprint density at radius 2 is 1.93 bits per heavy atom. The summed E-state index contributed by atoms with van der Waals surface area (Å²) in [6.07, 6.45) is 2.32. The first-order valence-electron chi connectivity index (χ1n) is 4.65. The molecule has 0 unspecified atom stereocenters. The minimum absolute atomic E-state index is 0.537. The van der Waals surface area contributed by atoms with Gasteiger partial charge in [0.2, 0.25) is 0 Å². The normalized spacial score (nSPS) is 9.93. The van der Waals surface area contributed by atoms with Crippen LogP contribution in [0.15, 0.2) is 36.5 Å². The molecule has 1 aromatic carbocycles. The van der Waals surface area contributed by atoms with Crippen molar-refractivity contribution in [1.82, 2.24) is 9.97 Å². The van der Waals surface area contributed by atoms with Gasteiger partial charge in [0.25, 0.3) is 0 Å². The molecule has 0 aliphatic heterocycles. The molecule has 0 saturated heterocycles. The summed E-state index contributed by atoms with van der Waals surface area (Å²) in [5.41, 5.74) is 2.20. The molecular weight excluding hydrogens is 188 g/mol. The molecule has 0 N–H and O–H groups in total. The van der Waals surface area contributed by atoms with Crippen molar-refractivity contribution in [3.63, 3.8) is 0 Å². The van der Waals surface area contributed by atoms with E-state index in [0.717, 1.165) is 11.8 Å². The maximum absolute atomic E-state index is 10.6. The van der Waals surface area contributed by atoms with Crippen LogP contribution in [0.5, 0.6) is 0 Å². The Morgan fingerprint density at radius 3 is 2.53 bits per heavy atom. The highest BCUT2D eigenvalue weighted by Gasteiger charge is 2.03. The van der Waals surface area contributed by atoms with Gasteiger partial charge >= 0.3 is 0 Å². The lowest BCUT2D eigenvalue weighted by atomic mass is 10.2. The van der Waals surface area contributed by atoms with Crippen molar-refractivity contribution in [1.29, 1.82) is 0 Å². The average molecular weight is 198 g/mol. The molecule has 1 aromatic heterocycles. The lowest BCUT2D eigenvalue weighted by molar-refractivity contribution is 0.112. The van der Waals surface area contributed by atoms with Crippen LogP contribution >= 0.6 is 0 Å². The molecule has 74 valence electrons. The first-order chi connectivity index (χ1) is 7.31. The number of hydrogen-bond acceptors (Lipinski definition) is 3. The second-order valence-electron chi connectivity index (χ2n) is 3.22. The van der Waals surface area contributed by atoms with Gasteiger partial charge in [-0.2, -0.15) is 0 Å². The lowest BCUT2D eigenvalue weighted by Gasteiger charge is -2.02. The van der Waals surface area contributed by atoms with E-state index in [2.05, 4.69) is 9.97 Å². The van der Waals surface area contributed by atoms with Crippen molar-refractivity contribution in [2.24, 2.45) is 0 Å². The van der Waals surface area contributed by atoms with E-state index in [0.29, 0.717) is 17.1 Å². The summed E-state index contributed by atoms with van der Waals surface area (Å²) in [6.45, 7) is 1.80. The van der Waals surface area contributed by atoms with Gasteiger partial charge in [0.1, 0.15) is 0 Å². The van der Waals surface area contributed by atoms with Gasteiger partial charge in [-0.3, -0.25) is 4.79 Å². The van der Waals surface area contributed by atoms with Gasteiger partial charge < -0.3 is 0 Å². The third-order valence-corrected chi connectivity index (χ3v) is 2.18. The summed E-state index contributed by atoms with van der Waals surface area (Å²) in [6, 6.07) is 9.68. The maximum atomic E-state index is 10.6. The zero-order valence-corrected chi connectivity index (χ0v) is 8.34. The Balaban J connectivity index is 2.47. The predicted molar refractivity (Wildman–Crippen MR) is 57.6 cm³/mol. The number of carbonyl (C=O) groups excluding carboxylic acids is 1. The molecule has 3 heteroatoms. The van der Waals surface area contributed by atoms with E-state index in [1.165, 1.54) is 0 Å². The first kappa shape index (κ1) is 9.52. The highest BCUT2D eigenvalue weighted by Crippen LogP contribution is 2.14. The number of benzene rings is 1. The highest BCUT2D eigenvalue weighted by molar-refractivity contribution is 5.76. The third-order valence-electron chi connectivity index (χ3n) is 2.18. The lowest BCUT2D eigenvalue weighted by Crippen LogP contribution is -1.96. The number of aldehydes is 1. The van der Waals surface area contributed by atoms with Gasteiger partial charge in [0, 0.05) is 11.8 Å². The van der Waals surface area contributed by atoms with Crippen molar-refractivity contribution < 1.29 is 4.79 Å². The number of aromatic nitrogens is 2. The van der Waals surface area contributed by atoms with Crippen LogP contribution < -0.4 is 0 Å². The van der Waals surface area contributed by atoms with E-state index in [1.54, 1.807) is 13.1 Å². The Kier molecular flexibility index (Phi) is 2.54. The minimum Gasteiger partial charge on any atom is -0.298 e. The van der Waals surface area contributed by atoms with Gasteiger partial charge in [-0.05, 0) is 6.92 Å². The summed E-state index contributed by atoms with van der Waals surface area (Å²) >= 11 is 0. The van der Waals surface area contributed by atoms with Crippen LogP contribution in [0.25, 0.3) is 11.4 Å². The molecule has 3 nitrogen and oxygen atoms in total. The van der Waals surface area contributed by atoms with Crippen LogP contribution in [0.4, 0.5) is 0 Å². The summed E-state index contributed by atoms with van der Waals surface area (Å²) < 4.78 is 0. The fraction of sp³-hybridized carbons (Fsp3) is 0.0833. The second kappa shape index (κ2) is 4.00. The van der Waals surface area contributed by atoms with Gasteiger partial charge in [-0.15, -0.1) is 0 Å². The van der Waals surface area contributed by atoms with Crippen LogP contribution in [0, 0.1) is 6.92 Å². The molecule has 1 heterocycles. The predicted octanol–water partition coefficient (Wildman–Crippen LogP) is 2.26. The van der Waals surface area contributed by atoms with Gasteiger partial charge in [0.15, 0.2) is 12.1 Å². The molecule has 0 spiro atoms. The number of hydrogen-bond donors (Lipinski definition) is 0. The third kappa shape index (κ3) is 1.91. The SMILES string of the molecule is Cc1nc(-c2ccccc2)ncc1C=O. The van der Waals surface area contributed by atoms with Gasteiger partial charge in [0.05, 0.1) is 11.3 Å². The number of rotatable bonds is 2. The second-order valence-corrected chi connectivity index (χ2v) is 3.22. The molecule has 2 aromatic rings. The Hall–Kier alpha value is -2.03. The molecule has 0 atom stereocenters. The summed E-state index contributed by atoms with van der Waals surface area (Å²) in [7, 11) is 0. The number of carbonyl (C=O) groups is 1. The van der Waals surface area contributed by atoms with E-state index in [-0.39, 0.29) is 0 Å². The maximum Gasteiger partial charge on any atom is 0.159 e. The van der Waals surface area contributed by atoms with Gasteiger partial charge in [-0.1, -0.05) is 30.3 Å². The van der Waals surface area contributed by atoms with Crippen LogP contribution in [0.2, 0.25) is 0 Å². The minimum atomic E-state index is 0.537. The van der Waals surface area contributed by atoms with Crippen molar-refractivity contribution in [3.05, 3.63) is 47.8 Å². The molecule has 15 heavy (non-hydrogen) atoms. The molecule has 0 amide bonds. The van der Waals surface area contributed by atoms with E-state index >= 15 is 0 Å². The zero-order valence-electron chi connectivity index (χ0n) is 8.34. The summed E-state index contributed by atoms with van der Waals surface area (Å²) in [5, 5.41) is 0. The number of nitrogens with zero attached hydrogens (tertiary/aromatic N) is 2. The fourth-order valence-electron chi connectivity index (χ4n) is 1.32. The highest BCUT2D eigenvalue weighted by atomic mass is 16.1. The molecule has 0 aliphatic rings. The van der Waals surface area contributed by atoms with Crippen molar-refractivity contribution >= 4 is 6.29 Å². The van der Waals surface area contributed by atoms with E-state index in [1.807, 2.05) is 30.3 Å². The van der Waals surface area contributed by atoms with Crippen molar-refractivity contribution in [2.45, 2.75) is 6.92 Å². The van der Waals surface area contributed by atoms with E-state index < -0.39 is 0 Å². The van der Waals surface area contributed by atoms with Crippen molar-refractivity contribution in [2.75, 3.05) is 0 Å². The Labute approximate surface area is 87.8 Å². The largest absolute Gasteiger partial charge is 0.298 e. The number of aryl methyl sites for hydroxylation is 1. The van der Waals surface area contributed by atoms with Crippen LogP contribution in [0.1, 0.15) is 16.1 Å². The quantitative estimate of drug-likeness (QED) is 0.695. The first-order valence-corrected chi connectivity index (χ1v) is 4.65. The molecular formula is C12H10N2O.